The lowest BCUT2D eigenvalue weighted by Crippen LogP contribution is -2.47. The molecule has 0 spiro atoms. The van der Waals surface area contributed by atoms with Gasteiger partial charge in [0.15, 0.2) is 0 Å². The van der Waals surface area contributed by atoms with Crippen molar-refractivity contribution in [3.63, 3.8) is 0 Å². The fourth-order valence-corrected chi connectivity index (χ4v) is 3.57. The van der Waals surface area contributed by atoms with Gasteiger partial charge < -0.3 is 20.1 Å². The Hall–Kier alpha value is -3.07. The second-order valence-corrected chi connectivity index (χ2v) is 7.34. The quantitative estimate of drug-likeness (QED) is 0.704. The molecule has 6 nitrogen and oxygen atoms in total. The summed E-state index contributed by atoms with van der Waals surface area (Å²) in [4.78, 5) is 24.6. The Balaban J connectivity index is 1.67. The first kappa shape index (κ1) is 22.6. The van der Waals surface area contributed by atoms with Crippen LogP contribution in [-0.2, 0) is 25.9 Å². The monoisotopic (exact) mass is 436 g/mol. The molecular formula is C22H23F3N2O4. The number of hydrogen-bond acceptors (Lipinski definition) is 4. The summed E-state index contributed by atoms with van der Waals surface area (Å²) >= 11 is 0. The lowest BCUT2D eigenvalue weighted by Gasteiger charge is -2.38. The van der Waals surface area contributed by atoms with Crippen LogP contribution in [0, 0.1) is 0 Å². The summed E-state index contributed by atoms with van der Waals surface area (Å²) in [6.07, 6.45) is -3.25. The number of alkyl halides is 3. The summed E-state index contributed by atoms with van der Waals surface area (Å²) in [7, 11) is 1.57. The highest BCUT2D eigenvalue weighted by molar-refractivity contribution is 6.39. The first-order valence-corrected chi connectivity index (χ1v) is 9.72. The van der Waals surface area contributed by atoms with Gasteiger partial charge in [0.2, 0.25) is 0 Å². The maximum absolute atomic E-state index is 12.8. The molecule has 0 aliphatic carbocycles. The standard InChI is InChI=1S/C22H23F3N2O4/c1-30-18-7-5-15(6-8-18)21(9-11-31-12-10-21)14-26-19(28)20(29)27-17-4-2-3-16(13-17)22(23,24)25/h2-8,13H,9-12,14H2,1H3,(H,26,28)(H,27,29). The summed E-state index contributed by atoms with van der Waals surface area (Å²) < 4.78 is 49.1. The van der Waals surface area contributed by atoms with E-state index < -0.39 is 29.0 Å². The number of methoxy groups -OCH3 is 1. The molecule has 1 saturated heterocycles. The maximum Gasteiger partial charge on any atom is 0.416 e. The van der Waals surface area contributed by atoms with Gasteiger partial charge in [0, 0.05) is 30.9 Å². The van der Waals surface area contributed by atoms with E-state index in [1.54, 1.807) is 7.11 Å². The third-order valence-electron chi connectivity index (χ3n) is 5.39. The molecule has 2 amide bonds. The molecule has 3 rings (SSSR count). The Kier molecular flexibility index (Phi) is 6.84. The van der Waals surface area contributed by atoms with Crippen molar-refractivity contribution in [2.75, 3.05) is 32.2 Å². The Labute approximate surface area is 177 Å². The average molecular weight is 436 g/mol. The van der Waals surface area contributed by atoms with Gasteiger partial charge in [-0.1, -0.05) is 18.2 Å². The number of amides is 2. The van der Waals surface area contributed by atoms with Crippen LogP contribution in [0.5, 0.6) is 5.75 Å². The SMILES string of the molecule is COc1ccc(C2(CNC(=O)C(=O)Nc3cccc(C(F)(F)F)c3)CCOCC2)cc1. The molecule has 1 heterocycles. The summed E-state index contributed by atoms with van der Waals surface area (Å²) in [6.45, 7) is 1.22. The number of rotatable bonds is 5. The summed E-state index contributed by atoms with van der Waals surface area (Å²) in [5.41, 5.74) is -0.455. The van der Waals surface area contributed by atoms with Gasteiger partial charge in [0.25, 0.3) is 0 Å². The normalized spacial score (nSPS) is 15.7. The van der Waals surface area contributed by atoms with E-state index in [9.17, 15) is 22.8 Å². The predicted molar refractivity (Wildman–Crippen MR) is 108 cm³/mol. The third-order valence-corrected chi connectivity index (χ3v) is 5.39. The van der Waals surface area contributed by atoms with E-state index in [0.717, 1.165) is 23.8 Å². The largest absolute Gasteiger partial charge is 0.497 e. The maximum atomic E-state index is 12.8. The molecule has 2 aromatic carbocycles. The van der Waals surface area contributed by atoms with Crippen LogP contribution < -0.4 is 15.4 Å². The van der Waals surface area contributed by atoms with Gasteiger partial charge in [-0.3, -0.25) is 9.59 Å². The van der Waals surface area contributed by atoms with Crippen molar-refractivity contribution < 1.29 is 32.2 Å². The summed E-state index contributed by atoms with van der Waals surface area (Å²) in [5.74, 6) is -1.25. The van der Waals surface area contributed by atoms with Gasteiger partial charge in [0.1, 0.15) is 5.75 Å². The molecule has 0 radical (unpaired) electrons. The van der Waals surface area contributed by atoms with Crippen LogP contribution in [0.4, 0.5) is 18.9 Å². The molecule has 0 atom stereocenters. The molecule has 1 fully saturated rings. The molecule has 1 aliphatic rings. The number of ether oxygens (including phenoxy) is 2. The van der Waals surface area contributed by atoms with Crippen molar-refractivity contribution in [2.45, 2.75) is 24.4 Å². The second kappa shape index (κ2) is 9.38. The van der Waals surface area contributed by atoms with Crippen molar-refractivity contribution in [3.05, 3.63) is 59.7 Å². The van der Waals surface area contributed by atoms with E-state index >= 15 is 0 Å². The van der Waals surface area contributed by atoms with E-state index in [1.807, 2.05) is 24.3 Å². The minimum absolute atomic E-state index is 0.106. The van der Waals surface area contributed by atoms with Crippen molar-refractivity contribution in [1.29, 1.82) is 0 Å². The van der Waals surface area contributed by atoms with E-state index in [-0.39, 0.29) is 12.2 Å². The molecule has 0 bridgehead atoms. The zero-order valence-corrected chi connectivity index (χ0v) is 16.9. The summed E-state index contributed by atoms with van der Waals surface area (Å²) in [5, 5.41) is 4.84. The molecular weight excluding hydrogens is 413 g/mol. The van der Waals surface area contributed by atoms with E-state index in [4.69, 9.17) is 9.47 Å². The number of carbonyl (C=O) groups is 2. The van der Waals surface area contributed by atoms with Crippen LogP contribution in [0.15, 0.2) is 48.5 Å². The number of hydrogen-bond donors (Lipinski definition) is 2. The third kappa shape index (κ3) is 5.55. The zero-order chi connectivity index (χ0) is 22.5. The lowest BCUT2D eigenvalue weighted by molar-refractivity contribution is -0.137. The van der Waals surface area contributed by atoms with Crippen molar-refractivity contribution in [1.82, 2.24) is 5.32 Å². The van der Waals surface area contributed by atoms with Crippen LogP contribution in [0.3, 0.4) is 0 Å². The van der Waals surface area contributed by atoms with Crippen molar-refractivity contribution in [3.8, 4) is 5.75 Å². The van der Waals surface area contributed by atoms with Gasteiger partial charge in [-0.25, -0.2) is 0 Å². The fourth-order valence-electron chi connectivity index (χ4n) is 3.57. The van der Waals surface area contributed by atoms with Gasteiger partial charge in [-0.05, 0) is 48.7 Å². The predicted octanol–water partition coefficient (Wildman–Crippen LogP) is 3.52. The zero-order valence-electron chi connectivity index (χ0n) is 16.9. The Morgan fingerprint density at radius 3 is 2.35 bits per heavy atom. The van der Waals surface area contributed by atoms with E-state index in [1.165, 1.54) is 6.07 Å². The van der Waals surface area contributed by atoms with Crippen LogP contribution in [0.25, 0.3) is 0 Å². The molecule has 166 valence electrons. The molecule has 0 saturated carbocycles. The first-order valence-electron chi connectivity index (χ1n) is 9.72. The molecule has 0 aromatic heterocycles. The molecule has 0 unspecified atom stereocenters. The fraction of sp³-hybridized carbons (Fsp3) is 0.364. The van der Waals surface area contributed by atoms with Crippen LogP contribution in [0.2, 0.25) is 0 Å². The minimum atomic E-state index is -4.54. The topological polar surface area (TPSA) is 76.7 Å². The Morgan fingerprint density at radius 1 is 1.06 bits per heavy atom. The van der Waals surface area contributed by atoms with Crippen LogP contribution in [0.1, 0.15) is 24.0 Å². The molecule has 1 aliphatic heterocycles. The van der Waals surface area contributed by atoms with Crippen LogP contribution >= 0.6 is 0 Å². The summed E-state index contributed by atoms with van der Waals surface area (Å²) in [6, 6.07) is 11.6. The molecule has 2 aromatic rings. The van der Waals surface area contributed by atoms with E-state index in [0.29, 0.717) is 31.8 Å². The highest BCUT2D eigenvalue weighted by Crippen LogP contribution is 2.35. The van der Waals surface area contributed by atoms with Gasteiger partial charge >= 0.3 is 18.0 Å². The van der Waals surface area contributed by atoms with Crippen molar-refractivity contribution in [2.24, 2.45) is 0 Å². The van der Waals surface area contributed by atoms with E-state index in [2.05, 4.69) is 10.6 Å². The van der Waals surface area contributed by atoms with Gasteiger partial charge in [-0.2, -0.15) is 13.2 Å². The minimum Gasteiger partial charge on any atom is -0.497 e. The average Bonchev–Trinajstić information content (AvgIpc) is 2.77. The smallest absolute Gasteiger partial charge is 0.416 e. The highest BCUT2D eigenvalue weighted by atomic mass is 19.4. The van der Waals surface area contributed by atoms with Gasteiger partial charge in [0.05, 0.1) is 12.7 Å². The number of nitrogens with one attached hydrogen (secondary N) is 2. The number of anilines is 1. The molecule has 9 heteroatoms. The molecule has 2 N–H and O–H groups in total. The lowest BCUT2D eigenvalue weighted by atomic mass is 9.74. The number of benzene rings is 2. The number of halogens is 3. The second-order valence-electron chi connectivity index (χ2n) is 7.34. The number of carbonyl (C=O) groups excluding carboxylic acids is 2. The van der Waals surface area contributed by atoms with Gasteiger partial charge in [-0.15, -0.1) is 0 Å². The Morgan fingerprint density at radius 2 is 1.74 bits per heavy atom. The highest BCUT2D eigenvalue weighted by Gasteiger charge is 2.35. The van der Waals surface area contributed by atoms with Crippen LogP contribution in [-0.4, -0.2) is 38.7 Å². The first-order chi connectivity index (χ1) is 14.7. The molecule has 31 heavy (non-hydrogen) atoms. The van der Waals surface area contributed by atoms with Crippen molar-refractivity contribution >= 4 is 17.5 Å². The Bertz CT molecular complexity index is 923.